The van der Waals surface area contributed by atoms with Gasteiger partial charge in [-0.1, -0.05) is 0 Å². The molecule has 0 aromatic heterocycles. The molecule has 0 N–H and O–H groups in total. The van der Waals surface area contributed by atoms with Gasteiger partial charge in [0.2, 0.25) is 0 Å². The molecule has 1 heterocycles. The molecule has 27 heavy (non-hydrogen) atoms. The van der Waals surface area contributed by atoms with Crippen molar-refractivity contribution in [3.63, 3.8) is 0 Å². The molecule has 1 aliphatic rings. The zero-order valence-electron chi connectivity index (χ0n) is 16.1. The molecule has 0 saturated carbocycles. The number of carbonyl (C=O) groups excluding carboxylic acids is 4. The first-order valence-corrected chi connectivity index (χ1v) is 17.2. The molecular formula is C16H25O9SSb. The Kier molecular flexibility index (Phi) is 9.90. The summed E-state index contributed by atoms with van der Waals surface area (Å²) in [7, 11) is 1.53. The van der Waals surface area contributed by atoms with Crippen molar-refractivity contribution >= 4 is 51.5 Å². The van der Waals surface area contributed by atoms with Crippen molar-refractivity contribution in [2.24, 2.45) is 0 Å². The van der Waals surface area contributed by atoms with E-state index in [9.17, 15) is 19.2 Å². The van der Waals surface area contributed by atoms with Crippen LogP contribution in [0.25, 0.3) is 0 Å². The number of rotatable bonds is 7. The van der Waals surface area contributed by atoms with Crippen molar-refractivity contribution in [2.45, 2.75) is 67.3 Å². The van der Waals surface area contributed by atoms with E-state index in [1.807, 2.05) is 0 Å². The van der Waals surface area contributed by atoms with Crippen molar-refractivity contribution < 1.29 is 42.9 Å². The first-order valence-electron chi connectivity index (χ1n) is 8.15. The summed E-state index contributed by atoms with van der Waals surface area (Å²) in [5.41, 5.74) is -0.636. The molecule has 5 atom stereocenters. The number of carbonyl (C=O) groups is 4. The maximum absolute atomic E-state index is 11.7. The van der Waals surface area contributed by atoms with Gasteiger partial charge in [0.1, 0.15) is 0 Å². The SMILES string of the molecule is CC(=O)OCC1OC([S][Sb]([CH3])[CH3])C(OC(C)=O)C(OC(C)=O)C1OC(C)=O. The summed E-state index contributed by atoms with van der Waals surface area (Å²) in [6, 6.07) is 0. The fourth-order valence-electron chi connectivity index (χ4n) is 2.48. The molecule has 0 bridgehead atoms. The molecule has 0 radical (unpaired) electrons. The third kappa shape index (κ3) is 8.27. The minimum atomic E-state index is -1.69. The average Bonchev–Trinajstić information content (AvgIpc) is 2.49. The van der Waals surface area contributed by atoms with Gasteiger partial charge in [0.05, 0.1) is 0 Å². The Morgan fingerprint density at radius 1 is 0.815 bits per heavy atom. The summed E-state index contributed by atoms with van der Waals surface area (Å²) in [4.78, 5) is 50.3. The van der Waals surface area contributed by atoms with Gasteiger partial charge in [0.25, 0.3) is 0 Å². The molecule has 0 spiro atoms. The van der Waals surface area contributed by atoms with Crippen LogP contribution in [0, 0.1) is 0 Å². The summed E-state index contributed by atoms with van der Waals surface area (Å²) >= 11 is -1.69. The second-order valence-electron chi connectivity index (χ2n) is 5.99. The molecule has 1 saturated heterocycles. The van der Waals surface area contributed by atoms with Crippen molar-refractivity contribution in [1.82, 2.24) is 0 Å². The summed E-state index contributed by atoms with van der Waals surface area (Å²) in [6.07, 6.45) is -4.00. The maximum atomic E-state index is 11.7. The molecule has 0 aromatic rings. The van der Waals surface area contributed by atoms with Gasteiger partial charge < -0.3 is 0 Å². The summed E-state index contributed by atoms with van der Waals surface area (Å²) in [5, 5.41) is 0. The summed E-state index contributed by atoms with van der Waals surface area (Å²) in [6.45, 7) is 4.67. The van der Waals surface area contributed by atoms with Gasteiger partial charge in [0.15, 0.2) is 0 Å². The van der Waals surface area contributed by atoms with Crippen molar-refractivity contribution in [2.75, 3.05) is 6.61 Å². The van der Waals surface area contributed by atoms with Crippen LogP contribution in [0.5, 0.6) is 0 Å². The number of hydrogen-bond donors (Lipinski definition) is 0. The van der Waals surface area contributed by atoms with Gasteiger partial charge in [-0.15, -0.1) is 0 Å². The Hall–Kier alpha value is -0.992. The standard InChI is InChI=1S/C14H20O9S.2CH3.Sb/c1-6(15)19-5-10-11(20-7(2)16)12(21-8(3)17)13(14(24)23-10)22-9(4)18;;;/h10-14,24H,5H2,1-4H3;2*1H3;/q;;;+1/p-1. The Morgan fingerprint density at radius 3 is 1.74 bits per heavy atom. The van der Waals surface area contributed by atoms with Gasteiger partial charge in [-0.25, -0.2) is 0 Å². The van der Waals surface area contributed by atoms with Gasteiger partial charge >= 0.3 is 168 Å². The van der Waals surface area contributed by atoms with Gasteiger partial charge in [-0.3, -0.25) is 0 Å². The van der Waals surface area contributed by atoms with Crippen LogP contribution < -0.4 is 0 Å². The average molecular weight is 515 g/mol. The zero-order valence-corrected chi connectivity index (χ0v) is 19.5. The fourth-order valence-corrected chi connectivity index (χ4v) is 8.43. The predicted octanol–water partition coefficient (Wildman–Crippen LogP) is 1.05. The van der Waals surface area contributed by atoms with Crippen LogP contribution in [0.4, 0.5) is 0 Å². The second kappa shape index (κ2) is 11.1. The molecular weight excluding hydrogens is 490 g/mol. The van der Waals surface area contributed by atoms with Crippen LogP contribution in [-0.2, 0) is 42.9 Å². The molecule has 154 valence electrons. The van der Waals surface area contributed by atoms with Gasteiger partial charge in [0, 0.05) is 0 Å². The third-order valence-electron chi connectivity index (χ3n) is 3.26. The fraction of sp³-hybridized carbons (Fsp3) is 0.750. The summed E-state index contributed by atoms with van der Waals surface area (Å²) in [5.74, 6) is -2.38. The van der Waals surface area contributed by atoms with E-state index in [0.717, 1.165) is 0 Å². The predicted molar refractivity (Wildman–Crippen MR) is 97.0 cm³/mol. The Balaban J connectivity index is 3.27. The monoisotopic (exact) mass is 514 g/mol. The number of hydrogen-bond acceptors (Lipinski definition) is 10. The van der Waals surface area contributed by atoms with E-state index in [1.165, 1.54) is 36.5 Å². The van der Waals surface area contributed by atoms with Crippen molar-refractivity contribution in [1.29, 1.82) is 0 Å². The molecule has 9 nitrogen and oxygen atoms in total. The van der Waals surface area contributed by atoms with Crippen LogP contribution in [0.2, 0.25) is 9.74 Å². The van der Waals surface area contributed by atoms with Crippen molar-refractivity contribution in [3.8, 4) is 0 Å². The van der Waals surface area contributed by atoms with Crippen LogP contribution >= 0.6 is 8.85 Å². The Morgan fingerprint density at radius 2 is 1.30 bits per heavy atom. The minimum absolute atomic E-state index is 0.195. The van der Waals surface area contributed by atoms with Crippen LogP contribution in [0.1, 0.15) is 27.7 Å². The van der Waals surface area contributed by atoms with E-state index in [-0.39, 0.29) is 6.61 Å². The van der Waals surface area contributed by atoms with Crippen LogP contribution in [-0.4, -0.2) is 79.1 Å². The van der Waals surface area contributed by atoms with Gasteiger partial charge in [-0.2, -0.15) is 0 Å². The first-order chi connectivity index (χ1) is 12.5. The molecule has 1 rings (SSSR count). The van der Waals surface area contributed by atoms with E-state index in [0.29, 0.717) is 0 Å². The molecule has 0 aromatic carbocycles. The van der Waals surface area contributed by atoms with Crippen LogP contribution in [0.3, 0.4) is 0 Å². The van der Waals surface area contributed by atoms with Gasteiger partial charge in [-0.05, 0) is 0 Å². The van der Waals surface area contributed by atoms with E-state index < -0.39 is 72.5 Å². The molecule has 5 unspecified atom stereocenters. The first kappa shape index (κ1) is 24.0. The van der Waals surface area contributed by atoms with E-state index in [4.69, 9.17) is 23.7 Å². The molecule has 11 heteroatoms. The molecule has 1 fully saturated rings. The van der Waals surface area contributed by atoms with Crippen molar-refractivity contribution in [3.05, 3.63) is 0 Å². The van der Waals surface area contributed by atoms with Crippen LogP contribution in [0.15, 0.2) is 0 Å². The van der Waals surface area contributed by atoms with E-state index >= 15 is 0 Å². The third-order valence-corrected chi connectivity index (χ3v) is 9.66. The summed E-state index contributed by atoms with van der Waals surface area (Å²) < 4.78 is 27.0. The topological polar surface area (TPSA) is 114 Å². The quantitative estimate of drug-likeness (QED) is 0.277. The van der Waals surface area contributed by atoms with E-state index in [1.54, 1.807) is 0 Å². The zero-order chi connectivity index (χ0) is 20.7. The molecule has 0 amide bonds. The second-order valence-corrected chi connectivity index (χ2v) is 18.0. The molecule has 1 aliphatic heterocycles. The molecule has 0 aliphatic carbocycles. The number of esters is 4. The van der Waals surface area contributed by atoms with E-state index in [2.05, 4.69) is 9.74 Å². The Labute approximate surface area is 168 Å². The Bertz CT molecular complexity index is 568. The number of ether oxygens (including phenoxy) is 5. The normalized spacial score (nSPS) is 27.6.